The van der Waals surface area contributed by atoms with Crippen LogP contribution in [0.4, 0.5) is 0 Å². The van der Waals surface area contributed by atoms with Gasteiger partial charge in [-0.05, 0) is 37.7 Å². The Hall–Kier alpha value is -3.76. The molecule has 4 atom stereocenters. The highest BCUT2D eigenvalue weighted by Gasteiger charge is 2.31. The number of rotatable bonds is 16. The minimum absolute atomic E-state index is 0.0892. The lowest BCUT2D eigenvalue weighted by atomic mass is 9.99. The molecule has 0 saturated heterocycles. The first kappa shape index (κ1) is 32.3. The molecule has 1 aromatic rings. The number of nitrogens with one attached hydrogen (secondary N) is 4. The van der Waals surface area contributed by atoms with E-state index in [2.05, 4.69) is 21.3 Å². The molecule has 210 valence electrons. The van der Waals surface area contributed by atoms with Gasteiger partial charge in [-0.15, -0.1) is 0 Å². The van der Waals surface area contributed by atoms with Gasteiger partial charge in [-0.1, -0.05) is 51.1 Å². The molecule has 0 aliphatic carbocycles. The second-order valence-electron chi connectivity index (χ2n) is 9.59. The smallest absolute Gasteiger partial charge is 0.305 e. The molecule has 0 aliphatic heterocycles. The zero-order valence-electron chi connectivity index (χ0n) is 22.7. The Balaban J connectivity index is 2.72. The van der Waals surface area contributed by atoms with Gasteiger partial charge in [0.2, 0.25) is 23.6 Å². The molecule has 0 heterocycles. The zero-order valence-corrected chi connectivity index (χ0v) is 22.7. The topological polar surface area (TPSA) is 171 Å². The van der Waals surface area contributed by atoms with Crippen molar-refractivity contribution < 1.29 is 33.9 Å². The third-order valence-electron chi connectivity index (χ3n) is 5.92. The molecule has 0 aromatic heterocycles. The van der Waals surface area contributed by atoms with Crippen LogP contribution in [0, 0.1) is 5.92 Å². The maximum absolute atomic E-state index is 13.0. The van der Waals surface area contributed by atoms with Crippen molar-refractivity contribution >= 4 is 35.4 Å². The van der Waals surface area contributed by atoms with Crippen LogP contribution in [0.1, 0.15) is 65.9 Å². The van der Waals surface area contributed by atoms with E-state index in [0.29, 0.717) is 19.3 Å². The molecule has 0 radical (unpaired) electrons. The largest absolute Gasteiger partial charge is 0.481 e. The first-order chi connectivity index (χ1) is 17.8. The number of aliphatic carboxylic acids is 1. The molecule has 1 rings (SSSR count). The van der Waals surface area contributed by atoms with E-state index in [1.807, 2.05) is 30.3 Å². The summed E-state index contributed by atoms with van der Waals surface area (Å²) in [7, 11) is 0. The number of ketones is 1. The van der Waals surface area contributed by atoms with Crippen LogP contribution in [0.15, 0.2) is 30.3 Å². The first-order valence-electron chi connectivity index (χ1n) is 12.8. The number of amides is 4. The van der Waals surface area contributed by atoms with Crippen molar-refractivity contribution in [2.75, 3.05) is 0 Å². The lowest BCUT2D eigenvalue weighted by molar-refractivity contribution is -0.141. The number of carbonyl (C=O) groups is 6. The van der Waals surface area contributed by atoms with Crippen molar-refractivity contribution in [1.82, 2.24) is 21.3 Å². The summed E-state index contributed by atoms with van der Waals surface area (Å²) in [6.07, 6.45) is 1.45. The van der Waals surface area contributed by atoms with Crippen molar-refractivity contribution in [3.63, 3.8) is 0 Å². The summed E-state index contributed by atoms with van der Waals surface area (Å²) in [5.74, 6) is -4.35. The van der Waals surface area contributed by atoms with E-state index < -0.39 is 60.2 Å². The van der Waals surface area contributed by atoms with Crippen molar-refractivity contribution in [3.05, 3.63) is 35.9 Å². The highest BCUT2D eigenvalue weighted by atomic mass is 16.4. The minimum atomic E-state index is -1.36. The molecule has 0 spiro atoms. The van der Waals surface area contributed by atoms with Crippen LogP contribution < -0.4 is 21.3 Å². The van der Waals surface area contributed by atoms with E-state index in [1.54, 1.807) is 20.8 Å². The molecular weight excluding hydrogens is 492 g/mol. The lowest BCUT2D eigenvalue weighted by Crippen LogP contribution is -2.58. The molecule has 0 unspecified atom stereocenters. The Morgan fingerprint density at radius 2 is 1.45 bits per heavy atom. The molecule has 1 aromatic carbocycles. The SMILES string of the molecule is CC[C@H](NC(=O)[C@@H](NC(=O)[C@H](C)NC(=O)[C@H](CC(=O)O)NC(C)=O)C(C)C)C(=O)CCCc1ccccc1. The molecule has 0 fully saturated rings. The van der Waals surface area contributed by atoms with Crippen LogP contribution in [-0.2, 0) is 35.2 Å². The summed E-state index contributed by atoms with van der Waals surface area (Å²) in [5, 5.41) is 18.9. The van der Waals surface area contributed by atoms with Crippen LogP contribution in [0.3, 0.4) is 0 Å². The Kier molecular flexibility index (Phi) is 13.7. The van der Waals surface area contributed by atoms with Crippen LogP contribution in [0.25, 0.3) is 0 Å². The van der Waals surface area contributed by atoms with Crippen LogP contribution in [0.5, 0.6) is 0 Å². The predicted octanol–water partition coefficient (Wildman–Crippen LogP) is 1.10. The van der Waals surface area contributed by atoms with Gasteiger partial charge in [-0.2, -0.15) is 0 Å². The van der Waals surface area contributed by atoms with Gasteiger partial charge >= 0.3 is 5.97 Å². The molecule has 0 saturated carbocycles. The molecule has 4 amide bonds. The standard InChI is InChI=1S/C27H40N4O7/c1-6-20(22(33)14-10-13-19-11-8-7-9-12-19)30-27(38)24(16(2)3)31-25(36)17(4)28-26(37)21(15-23(34)35)29-18(5)32/h7-9,11-12,16-17,20-21,24H,6,10,13-15H2,1-5H3,(H,28,37)(H,29,32)(H,30,38)(H,31,36)(H,34,35)/t17-,20-,21-,24-/m0/s1. The third-order valence-corrected chi connectivity index (χ3v) is 5.92. The predicted molar refractivity (Wildman–Crippen MR) is 141 cm³/mol. The number of carbonyl (C=O) groups excluding carboxylic acids is 5. The van der Waals surface area contributed by atoms with Crippen molar-refractivity contribution in [2.45, 2.75) is 90.9 Å². The third kappa shape index (κ3) is 11.5. The Bertz CT molecular complexity index is 965. The summed E-state index contributed by atoms with van der Waals surface area (Å²) in [6.45, 7) is 7.77. The fourth-order valence-corrected chi connectivity index (χ4v) is 3.78. The number of benzene rings is 1. The van der Waals surface area contributed by atoms with E-state index in [9.17, 15) is 28.8 Å². The number of hydrogen-bond acceptors (Lipinski definition) is 6. The van der Waals surface area contributed by atoms with Gasteiger partial charge in [0, 0.05) is 13.3 Å². The van der Waals surface area contributed by atoms with Gasteiger partial charge in [0.05, 0.1) is 12.5 Å². The van der Waals surface area contributed by atoms with Crippen LogP contribution in [0.2, 0.25) is 0 Å². The summed E-state index contributed by atoms with van der Waals surface area (Å²) >= 11 is 0. The number of Topliss-reactive ketones (excluding diaryl/α,β-unsaturated/α-hetero) is 1. The van der Waals surface area contributed by atoms with Gasteiger partial charge < -0.3 is 26.4 Å². The highest BCUT2D eigenvalue weighted by Crippen LogP contribution is 2.09. The van der Waals surface area contributed by atoms with Crippen molar-refractivity contribution in [2.24, 2.45) is 5.92 Å². The van der Waals surface area contributed by atoms with Gasteiger partial charge in [-0.25, -0.2) is 0 Å². The van der Waals surface area contributed by atoms with E-state index in [1.165, 1.54) is 6.92 Å². The zero-order chi connectivity index (χ0) is 28.8. The second kappa shape index (κ2) is 16.2. The number of carboxylic acids is 1. The summed E-state index contributed by atoms with van der Waals surface area (Å²) < 4.78 is 0. The molecule has 0 aliphatic rings. The number of hydrogen-bond donors (Lipinski definition) is 5. The van der Waals surface area contributed by atoms with Crippen molar-refractivity contribution in [1.29, 1.82) is 0 Å². The van der Waals surface area contributed by atoms with E-state index in [0.717, 1.165) is 18.9 Å². The number of carboxylic acid groups (broad SMARTS) is 1. The number of aryl methyl sites for hydroxylation is 1. The first-order valence-corrected chi connectivity index (χ1v) is 12.8. The van der Waals surface area contributed by atoms with Gasteiger partial charge in [0.15, 0.2) is 5.78 Å². The Morgan fingerprint density at radius 1 is 0.816 bits per heavy atom. The maximum atomic E-state index is 13.0. The summed E-state index contributed by atoms with van der Waals surface area (Å²) in [5.41, 5.74) is 1.13. The van der Waals surface area contributed by atoms with Gasteiger partial charge in [-0.3, -0.25) is 28.8 Å². The molecule has 5 N–H and O–H groups in total. The summed E-state index contributed by atoms with van der Waals surface area (Å²) in [6, 6.07) is 5.65. The Labute approximate surface area is 223 Å². The average Bonchev–Trinajstić information content (AvgIpc) is 2.84. The van der Waals surface area contributed by atoms with Crippen LogP contribution in [-0.4, -0.2) is 64.7 Å². The monoisotopic (exact) mass is 532 g/mol. The van der Waals surface area contributed by atoms with Crippen molar-refractivity contribution in [3.8, 4) is 0 Å². The van der Waals surface area contributed by atoms with E-state index in [4.69, 9.17) is 5.11 Å². The normalized spacial score (nSPS) is 13.9. The minimum Gasteiger partial charge on any atom is -0.481 e. The molecular formula is C27H40N4O7. The fraction of sp³-hybridized carbons (Fsp3) is 0.556. The van der Waals surface area contributed by atoms with Crippen LogP contribution >= 0.6 is 0 Å². The molecule has 11 heteroatoms. The molecule has 0 bridgehead atoms. The van der Waals surface area contributed by atoms with E-state index >= 15 is 0 Å². The average molecular weight is 533 g/mol. The fourth-order valence-electron chi connectivity index (χ4n) is 3.78. The maximum Gasteiger partial charge on any atom is 0.305 e. The van der Waals surface area contributed by atoms with E-state index in [-0.39, 0.29) is 11.7 Å². The molecule has 38 heavy (non-hydrogen) atoms. The molecule has 11 nitrogen and oxygen atoms in total. The lowest BCUT2D eigenvalue weighted by Gasteiger charge is -2.26. The summed E-state index contributed by atoms with van der Waals surface area (Å²) in [4.78, 5) is 73.3. The van der Waals surface area contributed by atoms with Gasteiger partial charge in [0.25, 0.3) is 0 Å². The Morgan fingerprint density at radius 3 is 1.97 bits per heavy atom. The quantitative estimate of drug-likeness (QED) is 0.212. The highest BCUT2D eigenvalue weighted by molar-refractivity contribution is 5.96. The van der Waals surface area contributed by atoms with Gasteiger partial charge in [0.1, 0.15) is 18.1 Å². The second-order valence-corrected chi connectivity index (χ2v) is 9.59.